The Kier molecular flexibility index (Phi) is 8.61. The van der Waals surface area contributed by atoms with Crippen molar-refractivity contribution in [3.8, 4) is 0 Å². The number of rotatable bonds is 9. The van der Waals surface area contributed by atoms with Crippen LogP contribution in [0.3, 0.4) is 0 Å². The molecular formula is C32H29F8N5O. The molecule has 4 unspecified atom stereocenters. The van der Waals surface area contributed by atoms with Crippen LogP contribution in [0.15, 0.2) is 78.9 Å². The molecule has 0 radical (unpaired) electrons. The van der Waals surface area contributed by atoms with E-state index in [9.17, 15) is 35.1 Å². The van der Waals surface area contributed by atoms with Crippen LogP contribution in [-0.2, 0) is 42.3 Å². The summed E-state index contributed by atoms with van der Waals surface area (Å²) in [5, 5.41) is 12.2. The Labute approximate surface area is 259 Å². The lowest BCUT2D eigenvalue weighted by molar-refractivity contribution is -0.143. The van der Waals surface area contributed by atoms with Crippen LogP contribution in [0.4, 0.5) is 35.1 Å². The summed E-state index contributed by atoms with van der Waals surface area (Å²) in [5.41, 5.74) is -2.18. The minimum absolute atomic E-state index is 0.0948. The zero-order chi connectivity index (χ0) is 32.7. The largest absolute Gasteiger partial charge is 0.416 e. The lowest BCUT2D eigenvalue weighted by atomic mass is 9.78. The number of nitrogens with zero attached hydrogens (tertiary/aromatic N) is 5. The van der Waals surface area contributed by atoms with Crippen LogP contribution in [0.2, 0.25) is 0 Å². The second-order valence-electron chi connectivity index (χ2n) is 11.7. The first-order chi connectivity index (χ1) is 21.8. The first kappa shape index (κ1) is 32.0. The van der Waals surface area contributed by atoms with Gasteiger partial charge in [0, 0.05) is 18.5 Å². The van der Waals surface area contributed by atoms with E-state index >= 15 is 0 Å². The zero-order valence-electron chi connectivity index (χ0n) is 24.2. The number of piperidine rings is 1. The Morgan fingerprint density at radius 3 is 2.07 bits per heavy atom. The molecular weight excluding hydrogens is 622 g/mol. The highest BCUT2D eigenvalue weighted by molar-refractivity contribution is 5.35. The Morgan fingerprint density at radius 1 is 0.826 bits per heavy atom. The molecule has 0 saturated carbocycles. The first-order valence-corrected chi connectivity index (χ1v) is 14.7. The molecule has 6 nitrogen and oxygen atoms in total. The van der Waals surface area contributed by atoms with Crippen LogP contribution in [0.25, 0.3) is 0 Å². The molecule has 0 spiro atoms. The van der Waals surface area contributed by atoms with Crippen molar-refractivity contribution in [3.63, 3.8) is 0 Å². The van der Waals surface area contributed by atoms with E-state index < -0.39 is 54.7 Å². The van der Waals surface area contributed by atoms with E-state index in [1.165, 1.54) is 0 Å². The highest BCUT2D eigenvalue weighted by Crippen LogP contribution is 2.57. The Bertz CT molecular complexity index is 1600. The Hall–Kier alpha value is -3.91. The summed E-state index contributed by atoms with van der Waals surface area (Å²) in [6.45, 7) is -0.780. The van der Waals surface area contributed by atoms with Crippen LogP contribution in [0, 0.1) is 0 Å². The second kappa shape index (κ2) is 12.4. The monoisotopic (exact) mass is 651 g/mol. The third-order valence-electron chi connectivity index (χ3n) is 8.84. The Morgan fingerprint density at radius 2 is 1.46 bits per heavy atom. The van der Waals surface area contributed by atoms with Crippen LogP contribution in [0.5, 0.6) is 0 Å². The van der Waals surface area contributed by atoms with Gasteiger partial charge < -0.3 is 4.74 Å². The molecule has 0 amide bonds. The van der Waals surface area contributed by atoms with Gasteiger partial charge in [0.1, 0.15) is 6.54 Å². The summed E-state index contributed by atoms with van der Waals surface area (Å²) < 4.78 is 114. The third-order valence-corrected chi connectivity index (χ3v) is 8.84. The van der Waals surface area contributed by atoms with Crippen molar-refractivity contribution in [2.24, 2.45) is 0 Å². The maximum absolute atomic E-state index is 13.6. The van der Waals surface area contributed by atoms with Gasteiger partial charge >= 0.3 is 12.4 Å². The van der Waals surface area contributed by atoms with Gasteiger partial charge in [0.25, 0.3) is 6.43 Å². The van der Waals surface area contributed by atoms with Gasteiger partial charge in [0.05, 0.1) is 29.4 Å². The van der Waals surface area contributed by atoms with E-state index in [2.05, 4.69) is 20.3 Å². The van der Waals surface area contributed by atoms with Crippen molar-refractivity contribution >= 4 is 0 Å². The van der Waals surface area contributed by atoms with E-state index in [0.717, 1.165) is 15.9 Å². The molecule has 1 aromatic heterocycles. The normalized spacial score (nSPS) is 23.7. The summed E-state index contributed by atoms with van der Waals surface area (Å²) in [7, 11) is 0. The third kappa shape index (κ3) is 6.37. The molecule has 244 valence electrons. The molecule has 2 aliphatic rings. The number of fused-ring (bicyclic) bond motifs is 2. The molecule has 0 aliphatic carbocycles. The number of alkyl halides is 8. The number of aromatic nitrogens is 4. The number of benzene rings is 3. The fourth-order valence-electron chi connectivity index (χ4n) is 6.96. The fraction of sp³-hybridized carbons (Fsp3) is 0.406. The predicted molar refractivity (Wildman–Crippen MR) is 149 cm³/mol. The average molecular weight is 652 g/mol. The Balaban J connectivity index is 1.40. The maximum atomic E-state index is 13.6. The van der Waals surface area contributed by atoms with Gasteiger partial charge in [-0.05, 0) is 59.4 Å². The van der Waals surface area contributed by atoms with Gasteiger partial charge in [-0.1, -0.05) is 60.7 Å². The van der Waals surface area contributed by atoms with Crippen LogP contribution >= 0.6 is 0 Å². The highest BCUT2D eigenvalue weighted by Gasteiger charge is 2.61. The number of hydrogen-bond donors (Lipinski definition) is 0. The molecule has 0 N–H and O–H groups in total. The molecule has 4 aromatic rings. The minimum atomic E-state index is -4.99. The predicted octanol–water partition coefficient (Wildman–Crippen LogP) is 7.61. The van der Waals surface area contributed by atoms with Gasteiger partial charge in [0.2, 0.25) is 0 Å². The average Bonchev–Trinajstić information content (AvgIpc) is 3.54. The van der Waals surface area contributed by atoms with E-state index in [1.807, 2.05) is 60.7 Å². The number of ether oxygens (including phenoxy) is 1. The molecule has 2 aliphatic heterocycles. The van der Waals surface area contributed by atoms with Crippen molar-refractivity contribution in [2.45, 2.75) is 81.3 Å². The number of hydrogen-bond acceptors (Lipinski definition) is 5. The van der Waals surface area contributed by atoms with Crippen molar-refractivity contribution in [2.75, 3.05) is 0 Å². The highest BCUT2D eigenvalue weighted by atomic mass is 19.4. The zero-order valence-corrected chi connectivity index (χ0v) is 24.2. The van der Waals surface area contributed by atoms with Crippen LogP contribution in [0.1, 0.15) is 58.8 Å². The van der Waals surface area contributed by atoms with Gasteiger partial charge in [-0.3, -0.25) is 4.90 Å². The smallest absolute Gasteiger partial charge is 0.371 e. The van der Waals surface area contributed by atoms with Crippen molar-refractivity contribution in [3.05, 3.63) is 113 Å². The number of halogens is 8. The maximum Gasteiger partial charge on any atom is 0.416 e. The topological polar surface area (TPSA) is 56.1 Å². The van der Waals surface area contributed by atoms with Gasteiger partial charge in [-0.15, -0.1) is 10.2 Å². The SMILES string of the molecule is FC(F)Cn1nnc(C2CC3(c4ccccc4)C(OCc4cc(C(F)(F)F)cc(C(F)(F)F)c4)CCC2N3Cc2ccccc2)n1. The lowest BCUT2D eigenvalue weighted by Gasteiger charge is -2.50. The molecule has 3 aromatic carbocycles. The lowest BCUT2D eigenvalue weighted by Crippen LogP contribution is -2.56. The molecule has 14 heteroatoms. The van der Waals surface area contributed by atoms with E-state index in [1.54, 1.807) is 0 Å². The molecule has 6 rings (SSSR count). The minimum Gasteiger partial charge on any atom is -0.371 e. The molecule has 2 saturated heterocycles. The summed E-state index contributed by atoms with van der Waals surface area (Å²) in [6.07, 6.45) is -12.0. The molecule has 4 atom stereocenters. The number of tetrazole rings is 1. The molecule has 46 heavy (non-hydrogen) atoms. The summed E-state index contributed by atoms with van der Waals surface area (Å²) in [4.78, 5) is 3.09. The fourth-order valence-corrected chi connectivity index (χ4v) is 6.96. The first-order valence-electron chi connectivity index (χ1n) is 14.7. The van der Waals surface area contributed by atoms with E-state index in [-0.39, 0.29) is 29.4 Å². The van der Waals surface area contributed by atoms with Crippen molar-refractivity contribution < 1.29 is 39.9 Å². The van der Waals surface area contributed by atoms with Gasteiger partial charge in [0.15, 0.2) is 5.82 Å². The summed E-state index contributed by atoms with van der Waals surface area (Å²) in [6, 6.07) is 20.2. The van der Waals surface area contributed by atoms with Crippen LogP contribution in [-0.4, -0.2) is 43.7 Å². The molecule has 2 bridgehead atoms. The van der Waals surface area contributed by atoms with E-state index in [0.29, 0.717) is 37.9 Å². The quantitative estimate of drug-likeness (QED) is 0.175. The van der Waals surface area contributed by atoms with Gasteiger partial charge in [-0.2, -0.15) is 31.1 Å². The van der Waals surface area contributed by atoms with Gasteiger partial charge in [-0.25, -0.2) is 8.78 Å². The van der Waals surface area contributed by atoms with Crippen molar-refractivity contribution in [1.29, 1.82) is 0 Å². The molecule has 2 fully saturated rings. The second-order valence-corrected chi connectivity index (χ2v) is 11.7. The van der Waals surface area contributed by atoms with Crippen molar-refractivity contribution in [1.82, 2.24) is 25.1 Å². The summed E-state index contributed by atoms with van der Waals surface area (Å²) in [5.74, 6) is -0.0794. The van der Waals surface area contributed by atoms with Crippen LogP contribution < -0.4 is 0 Å². The standard InChI is InChI=1S/C32H29F8N5O/c33-28(34)18-45-42-29(41-43-45)25-16-30(22-9-5-2-6-10-22)27(12-11-26(25)44(30)17-20-7-3-1-4-8-20)46-19-21-13-23(31(35,36)37)15-24(14-21)32(38,39)40/h1-10,13-15,25-28H,11-12,16-19H2. The summed E-state index contributed by atoms with van der Waals surface area (Å²) >= 11 is 0. The molecule has 3 heterocycles. The van der Waals surface area contributed by atoms with E-state index in [4.69, 9.17) is 4.74 Å².